The Morgan fingerprint density at radius 1 is 0.982 bits per heavy atom. The molecule has 0 saturated carbocycles. The van der Waals surface area contributed by atoms with E-state index in [0.29, 0.717) is 15.3 Å². The molecular weight excluding hydrogens is 745 g/mol. The predicted octanol–water partition coefficient (Wildman–Crippen LogP) is 6.41. The fourth-order valence-corrected chi connectivity index (χ4v) is 10.6. The second-order valence-electron chi connectivity index (χ2n) is 14.9. The second kappa shape index (κ2) is 15.5. The average Bonchev–Trinajstić information content (AvgIpc) is 4.05. The van der Waals surface area contributed by atoms with E-state index in [1.54, 1.807) is 18.2 Å². The van der Waals surface area contributed by atoms with E-state index < -0.39 is 11.6 Å². The normalized spacial score (nSPS) is 16.2. The van der Waals surface area contributed by atoms with E-state index in [4.69, 9.17) is 4.74 Å². The Balaban J connectivity index is 0.787. The van der Waals surface area contributed by atoms with Crippen LogP contribution in [0, 0.1) is 0 Å². The van der Waals surface area contributed by atoms with Crippen molar-refractivity contribution in [2.24, 2.45) is 0 Å². The van der Waals surface area contributed by atoms with Gasteiger partial charge in [0.25, 0.3) is 0 Å². The SMILES string of the molecule is O=C(OC1CCN(CCCn2nnc3cc(CNCCc4ccc(O)c5[nH]c(=O)ccc45)c4c(c32)CCC4)CC1)[C@@](O)(c1cccs1)c1cc2ccccc2s1. The van der Waals surface area contributed by atoms with Crippen molar-refractivity contribution in [3.8, 4) is 5.75 Å². The molecule has 1 aliphatic carbocycles. The number of aryl methyl sites for hydroxylation is 2. The van der Waals surface area contributed by atoms with Crippen LogP contribution in [0.15, 0.2) is 83.0 Å². The molecule has 288 valence electrons. The molecule has 0 radical (unpaired) electrons. The van der Waals surface area contributed by atoms with Gasteiger partial charge in [0.1, 0.15) is 17.4 Å². The largest absolute Gasteiger partial charge is 0.506 e. The number of hydrogen-bond donors (Lipinski definition) is 4. The van der Waals surface area contributed by atoms with Gasteiger partial charge in [-0.2, -0.15) is 0 Å². The Kier molecular flexibility index (Phi) is 10.2. The second-order valence-corrected chi connectivity index (χ2v) is 17.0. The van der Waals surface area contributed by atoms with Crippen molar-refractivity contribution >= 4 is 60.7 Å². The highest BCUT2D eigenvalue weighted by Crippen LogP contribution is 2.41. The van der Waals surface area contributed by atoms with Crippen LogP contribution >= 0.6 is 22.7 Å². The standard InChI is InChI=1S/C43H44N6O5S2/c50-35-13-11-27(32-12-14-39(51)45-40(32)35)15-18-44-26-29-24-34-41(33-8-3-7-31(29)33)49(47-46-34)20-5-19-48-21-16-30(17-22-48)54-42(52)43(53,37-10-4-23-55-37)38-25-28-6-1-2-9-36(28)56-38/h1-2,4,6,9-14,23-25,30,44,50,53H,3,5,7-8,15-22,26H2,(H,45,51)/t43-/m1/s1. The third kappa shape index (κ3) is 7.03. The average molecular weight is 789 g/mol. The van der Waals surface area contributed by atoms with Crippen LogP contribution in [0.1, 0.15) is 57.7 Å². The lowest BCUT2D eigenvalue weighted by molar-refractivity contribution is -0.169. The summed E-state index contributed by atoms with van der Waals surface area (Å²) in [5, 5.41) is 38.8. The molecule has 4 N–H and O–H groups in total. The smallest absolute Gasteiger partial charge is 0.349 e. The highest BCUT2D eigenvalue weighted by atomic mass is 32.1. The number of carbonyl (C=O) groups is 1. The highest BCUT2D eigenvalue weighted by molar-refractivity contribution is 7.19. The van der Waals surface area contributed by atoms with Gasteiger partial charge in [-0.1, -0.05) is 35.5 Å². The molecule has 0 unspecified atom stereocenters. The van der Waals surface area contributed by atoms with Gasteiger partial charge in [-0.15, -0.1) is 27.8 Å². The minimum Gasteiger partial charge on any atom is -0.506 e. The molecule has 1 saturated heterocycles. The van der Waals surface area contributed by atoms with Crippen LogP contribution in [0.25, 0.3) is 32.0 Å². The summed E-state index contributed by atoms with van der Waals surface area (Å²) >= 11 is 2.80. The summed E-state index contributed by atoms with van der Waals surface area (Å²) in [7, 11) is 0. The molecule has 1 fully saturated rings. The molecule has 0 spiro atoms. The number of piperidine rings is 1. The molecule has 5 heterocycles. The van der Waals surface area contributed by atoms with E-state index in [0.717, 1.165) is 116 Å². The summed E-state index contributed by atoms with van der Waals surface area (Å²) in [5.41, 5.74) is 5.65. The number of H-pyrrole nitrogens is 1. The number of aliphatic hydroxyl groups is 1. The number of esters is 1. The van der Waals surface area contributed by atoms with Crippen LogP contribution in [0.2, 0.25) is 0 Å². The number of pyridine rings is 1. The Bertz CT molecular complexity index is 2560. The molecule has 13 heteroatoms. The molecule has 0 bridgehead atoms. The fourth-order valence-electron chi connectivity index (χ4n) is 8.52. The molecule has 11 nitrogen and oxygen atoms in total. The van der Waals surface area contributed by atoms with Gasteiger partial charge in [0.15, 0.2) is 0 Å². The van der Waals surface area contributed by atoms with Crippen molar-refractivity contribution in [2.45, 2.75) is 69.7 Å². The number of ether oxygens (including phenoxy) is 1. The minimum absolute atomic E-state index is 0.0796. The van der Waals surface area contributed by atoms with Crippen molar-refractivity contribution < 1.29 is 19.7 Å². The lowest BCUT2D eigenvalue weighted by atomic mass is 9.98. The molecular formula is C43H44N6O5S2. The Labute approximate surface area is 331 Å². The third-order valence-corrected chi connectivity index (χ3v) is 13.6. The zero-order chi connectivity index (χ0) is 38.2. The Hall–Kier alpha value is -4.92. The first kappa shape index (κ1) is 36.7. The first-order valence-electron chi connectivity index (χ1n) is 19.5. The quantitative estimate of drug-likeness (QED) is 0.0770. The van der Waals surface area contributed by atoms with Crippen molar-refractivity contribution in [3.05, 3.63) is 121 Å². The molecule has 9 rings (SSSR count). The van der Waals surface area contributed by atoms with E-state index in [1.165, 1.54) is 45.4 Å². The molecule has 56 heavy (non-hydrogen) atoms. The van der Waals surface area contributed by atoms with Gasteiger partial charge < -0.3 is 30.2 Å². The number of rotatable bonds is 13. The molecule has 4 aromatic heterocycles. The maximum atomic E-state index is 13.8. The zero-order valence-corrected chi connectivity index (χ0v) is 32.6. The highest BCUT2D eigenvalue weighted by Gasteiger charge is 2.45. The van der Waals surface area contributed by atoms with Crippen LogP contribution < -0.4 is 10.9 Å². The summed E-state index contributed by atoms with van der Waals surface area (Å²) in [5.74, 6) is -0.521. The van der Waals surface area contributed by atoms with Crippen molar-refractivity contribution in [3.63, 3.8) is 0 Å². The predicted molar refractivity (Wildman–Crippen MR) is 221 cm³/mol. The van der Waals surface area contributed by atoms with Crippen LogP contribution in [0.3, 0.4) is 0 Å². The van der Waals surface area contributed by atoms with E-state index in [2.05, 4.69) is 36.3 Å². The van der Waals surface area contributed by atoms with Crippen molar-refractivity contribution in [1.29, 1.82) is 0 Å². The number of likely N-dealkylation sites (tertiary alicyclic amines) is 1. The van der Waals surface area contributed by atoms with Crippen molar-refractivity contribution in [1.82, 2.24) is 30.2 Å². The number of aromatic hydroxyl groups is 1. The zero-order valence-electron chi connectivity index (χ0n) is 31.0. The molecule has 3 aromatic carbocycles. The number of fused-ring (bicyclic) bond motifs is 5. The van der Waals surface area contributed by atoms with E-state index in [9.17, 15) is 19.8 Å². The molecule has 0 amide bonds. The van der Waals surface area contributed by atoms with Gasteiger partial charge in [0, 0.05) is 42.3 Å². The molecule has 7 aromatic rings. The maximum absolute atomic E-state index is 13.8. The number of carbonyl (C=O) groups excluding carboxylic acids is 1. The van der Waals surface area contributed by atoms with Crippen molar-refractivity contribution in [2.75, 3.05) is 26.2 Å². The third-order valence-electron chi connectivity index (χ3n) is 11.4. The monoisotopic (exact) mass is 788 g/mol. The van der Waals surface area contributed by atoms with Crippen LogP contribution in [-0.2, 0) is 47.5 Å². The molecule has 1 atom stereocenters. The summed E-state index contributed by atoms with van der Waals surface area (Å²) in [6.07, 6.45) is 6.11. The lowest BCUT2D eigenvalue weighted by Crippen LogP contribution is -2.43. The number of thiophene rings is 2. The van der Waals surface area contributed by atoms with Crippen LogP contribution in [0.5, 0.6) is 5.75 Å². The Morgan fingerprint density at radius 3 is 2.68 bits per heavy atom. The lowest BCUT2D eigenvalue weighted by Gasteiger charge is -2.33. The van der Waals surface area contributed by atoms with Gasteiger partial charge in [-0.3, -0.25) is 4.79 Å². The van der Waals surface area contributed by atoms with Gasteiger partial charge in [0.05, 0.1) is 20.8 Å². The summed E-state index contributed by atoms with van der Waals surface area (Å²) in [6.45, 7) is 4.84. The topological polar surface area (TPSA) is 146 Å². The maximum Gasteiger partial charge on any atom is 0.349 e. The number of phenols is 1. The molecule has 2 aliphatic rings. The fraction of sp³-hybridized carbons (Fsp3) is 0.349. The van der Waals surface area contributed by atoms with Crippen LogP contribution in [0.4, 0.5) is 0 Å². The van der Waals surface area contributed by atoms with E-state index >= 15 is 0 Å². The number of nitrogens with one attached hydrogen (secondary N) is 2. The van der Waals surface area contributed by atoms with Gasteiger partial charge >= 0.3 is 5.97 Å². The van der Waals surface area contributed by atoms with Crippen LogP contribution in [-0.4, -0.2) is 73.3 Å². The van der Waals surface area contributed by atoms with Gasteiger partial charge in [-0.05, 0) is 127 Å². The van der Waals surface area contributed by atoms with E-state index in [1.807, 2.05) is 47.8 Å². The number of benzene rings is 3. The summed E-state index contributed by atoms with van der Waals surface area (Å²) in [4.78, 5) is 31.9. The number of phenolic OH excluding ortho intramolecular Hbond substituents is 1. The van der Waals surface area contributed by atoms with E-state index in [-0.39, 0.29) is 17.4 Å². The number of aromatic amines is 1. The minimum atomic E-state index is -1.83. The number of nitrogens with zero attached hydrogens (tertiary/aromatic N) is 4. The van der Waals surface area contributed by atoms with Gasteiger partial charge in [-0.25, -0.2) is 9.48 Å². The number of hydrogen-bond acceptors (Lipinski definition) is 11. The van der Waals surface area contributed by atoms with Gasteiger partial charge in [0.2, 0.25) is 11.2 Å². The molecule has 1 aliphatic heterocycles. The summed E-state index contributed by atoms with van der Waals surface area (Å²) in [6, 6.07) is 22.5. The first-order valence-corrected chi connectivity index (χ1v) is 21.1. The Morgan fingerprint density at radius 2 is 1.84 bits per heavy atom. The first-order chi connectivity index (χ1) is 27.3. The number of aromatic nitrogens is 4. The summed E-state index contributed by atoms with van der Waals surface area (Å²) < 4.78 is 9.18.